The van der Waals surface area contributed by atoms with Crippen LogP contribution in [0.2, 0.25) is 0 Å². The number of hydrogen-bond donors (Lipinski definition) is 1. The van der Waals surface area contributed by atoms with E-state index in [2.05, 4.69) is 66.0 Å². The van der Waals surface area contributed by atoms with Gasteiger partial charge in [0.1, 0.15) is 0 Å². The summed E-state index contributed by atoms with van der Waals surface area (Å²) in [6.07, 6.45) is 0. The number of carbonyl (C=O) groups is 1. The van der Waals surface area contributed by atoms with Crippen LogP contribution in [0.25, 0.3) is 11.4 Å². The van der Waals surface area contributed by atoms with E-state index in [1.165, 1.54) is 16.6 Å². The van der Waals surface area contributed by atoms with Crippen molar-refractivity contribution in [3.8, 4) is 11.4 Å². The Hall–Kier alpha value is -2.12. The number of nitrogens with one attached hydrogen (secondary N) is 1. The van der Waals surface area contributed by atoms with Gasteiger partial charge in [-0.05, 0) is 36.8 Å². The molecule has 0 aliphatic carbocycles. The minimum absolute atomic E-state index is 0.0141. The van der Waals surface area contributed by atoms with Crippen LogP contribution in [-0.4, -0.2) is 26.4 Å². The van der Waals surface area contributed by atoms with Gasteiger partial charge < -0.3 is 9.88 Å². The molecule has 1 N–H and O–H groups in total. The van der Waals surface area contributed by atoms with Crippen LogP contribution >= 0.6 is 23.1 Å². The molecule has 0 fully saturated rings. The Kier molecular flexibility index (Phi) is 6.91. The van der Waals surface area contributed by atoms with Gasteiger partial charge in [0.15, 0.2) is 11.0 Å². The van der Waals surface area contributed by atoms with Crippen molar-refractivity contribution >= 4 is 29.0 Å². The summed E-state index contributed by atoms with van der Waals surface area (Å²) in [7, 11) is 0. The van der Waals surface area contributed by atoms with Gasteiger partial charge in [0.25, 0.3) is 0 Å². The number of aryl methyl sites for hydroxylation is 1. The lowest BCUT2D eigenvalue weighted by Crippen LogP contribution is -2.32. The number of thiophene rings is 1. The molecule has 0 saturated heterocycles. The highest BCUT2D eigenvalue weighted by atomic mass is 32.2. The fourth-order valence-electron chi connectivity index (χ4n) is 3.08. The van der Waals surface area contributed by atoms with Crippen LogP contribution in [0.1, 0.15) is 37.3 Å². The summed E-state index contributed by atoms with van der Waals surface area (Å²) in [5.41, 5.74) is 2.24. The molecule has 0 spiro atoms. The van der Waals surface area contributed by atoms with E-state index in [0.29, 0.717) is 11.7 Å². The Morgan fingerprint density at radius 3 is 2.64 bits per heavy atom. The summed E-state index contributed by atoms with van der Waals surface area (Å²) in [5, 5.41) is 14.7. The SMILES string of the molecule is CCn1c(SCC(=O)NC(c2cccs2)C(C)C)nnc1-c1ccccc1C. The third-order valence-corrected chi connectivity index (χ3v) is 6.51. The molecule has 1 atom stereocenters. The molecule has 0 aliphatic rings. The lowest BCUT2D eigenvalue weighted by Gasteiger charge is -2.21. The Morgan fingerprint density at radius 1 is 1.21 bits per heavy atom. The fraction of sp³-hybridized carbons (Fsp3) is 0.381. The van der Waals surface area contributed by atoms with Gasteiger partial charge >= 0.3 is 0 Å². The van der Waals surface area contributed by atoms with Gasteiger partial charge in [-0.1, -0.05) is 55.9 Å². The first kappa shape index (κ1) is 20.6. The molecule has 5 nitrogen and oxygen atoms in total. The van der Waals surface area contributed by atoms with Gasteiger partial charge in [-0.3, -0.25) is 4.79 Å². The number of thioether (sulfide) groups is 1. The Labute approximate surface area is 174 Å². The van der Waals surface area contributed by atoms with E-state index in [1.54, 1.807) is 11.3 Å². The Bertz CT molecular complexity index is 918. The molecule has 0 aliphatic heterocycles. The highest BCUT2D eigenvalue weighted by Gasteiger charge is 2.20. The maximum atomic E-state index is 12.6. The van der Waals surface area contributed by atoms with Crippen molar-refractivity contribution in [3.63, 3.8) is 0 Å². The molecule has 1 unspecified atom stereocenters. The average Bonchev–Trinajstić information content (AvgIpc) is 3.34. The quantitative estimate of drug-likeness (QED) is 0.530. The van der Waals surface area contributed by atoms with E-state index >= 15 is 0 Å². The predicted molar refractivity (Wildman–Crippen MR) is 117 cm³/mol. The lowest BCUT2D eigenvalue weighted by atomic mass is 10.0. The van der Waals surface area contributed by atoms with Gasteiger partial charge in [0, 0.05) is 17.0 Å². The van der Waals surface area contributed by atoms with E-state index in [4.69, 9.17) is 0 Å². The first-order valence-electron chi connectivity index (χ1n) is 9.46. The molecule has 2 aromatic heterocycles. The molecule has 0 bridgehead atoms. The maximum Gasteiger partial charge on any atom is 0.230 e. The minimum atomic E-state index is 0.0141. The van der Waals surface area contributed by atoms with Gasteiger partial charge in [-0.2, -0.15) is 0 Å². The molecular weight excluding hydrogens is 388 g/mol. The largest absolute Gasteiger partial charge is 0.347 e. The summed E-state index contributed by atoms with van der Waals surface area (Å²) in [4.78, 5) is 13.8. The van der Waals surface area contributed by atoms with Crippen molar-refractivity contribution in [1.29, 1.82) is 0 Å². The minimum Gasteiger partial charge on any atom is -0.347 e. The van der Waals surface area contributed by atoms with Crippen molar-refractivity contribution < 1.29 is 4.79 Å². The molecule has 0 saturated carbocycles. The molecule has 7 heteroatoms. The second-order valence-corrected chi connectivity index (χ2v) is 8.88. The van der Waals surface area contributed by atoms with E-state index in [-0.39, 0.29) is 11.9 Å². The molecule has 0 radical (unpaired) electrons. The van der Waals surface area contributed by atoms with E-state index in [1.807, 2.05) is 23.6 Å². The van der Waals surface area contributed by atoms with Crippen LogP contribution in [0.15, 0.2) is 46.9 Å². The molecule has 1 aromatic carbocycles. The van der Waals surface area contributed by atoms with E-state index < -0.39 is 0 Å². The highest BCUT2D eigenvalue weighted by molar-refractivity contribution is 7.99. The number of hydrogen-bond acceptors (Lipinski definition) is 5. The van der Waals surface area contributed by atoms with Gasteiger partial charge in [0.2, 0.25) is 5.91 Å². The molecule has 3 rings (SSSR count). The summed E-state index contributed by atoms with van der Waals surface area (Å²) < 4.78 is 2.07. The van der Waals surface area contributed by atoms with Crippen LogP contribution in [0.4, 0.5) is 0 Å². The standard InChI is InChI=1S/C21H26N4OS2/c1-5-25-20(16-10-7-6-9-15(16)4)23-24-21(25)28-13-18(26)22-19(14(2)3)17-11-8-12-27-17/h6-12,14,19H,5,13H2,1-4H3,(H,22,26). The van der Waals surface area contributed by atoms with Gasteiger partial charge in [-0.15, -0.1) is 21.5 Å². The number of aromatic nitrogens is 3. The molecule has 28 heavy (non-hydrogen) atoms. The van der Waals surface area contributed by atoms with Gasteiger partial charge in [-0.25, -0.2) is 0 Å². The van der Waals surface area contributed by atoms with Crippen molar-refractivity contribution in [2.45, 2.75) is 45.4 Å². The smallest absolute Gasteiger partial charge is 0.230 e. The zero-order valence-corrected chi connectivity index (χ0v) is 18.3. The number of amides is 1. The third-order valence-electron chi connectivity index (χ3n) is 4.58. The second-order valence-electron chi connectivity index (χ2n) is 6.96. The highest BCUT2D eigenvalue weighted by Crippen LogP contribution is 2.28. The first-order valence-corrected chi connectivity index (χ1v) is 11.3. The van der Waals surface area contributed by atoms with Crippen LogP contribution in [0.5, 0.6) is 0 Å². The van der Waals surface area contributed by atoms with Crippen molar-refractivity contribution in [2.75, 3.05) is 5.75 Å². The Morgan fingerprint density at radius 2 is 2.00 bits per heavy atom. The third kappa shape index (κ3) is 4.64. The van der Waals surface area contributed by atoms with Crippen molar-refractivity contribution in [1.82, 2.24) is 20.1 Å². The monoisotopic (exact) mass is 414 g/mol. The van der Waals surface area contributed by atoms with Crippen molar-refractivity contribution in [2.24, 2.45) is 5.92 Å². The zero-order valence-electron chi connectivity index (χ0n) is 16.7. The molecule has 148 valence electrons. The van der Waals surface area contributed by atoms with Crippen LogP contribution < -0.4 is 5.32 Å². The van der Waals surface area contributed by atoms with E-state index in [0.717, 1.165) is 28.7 Å². The zero-order chi connectivity index (χ0) is 20.1. The fourth-order valence-corrected chi connectivity index (χ4v) is 4.85. The van der Waals surface area contributed by atoms with Crippen molar-refractivity contribution in [3.05, 3.63) is 52.2 Å². The van der Waals surface area contributed by atoms with Crippen LogP contribution in [0, 0.1) is 12.8 Å². The molecule has 2 heterocycles. The van der Waals surface area contributed by atoms with E-state index in [9.17, 15) is 4.79 Å². The number of carbonyl (C=O) groups excluding carboxylic acids is 1. The topological polar surface area (TPSA) is 59.8 Å². The first-order chi connectivity index (χ1) is 13.5. The summed E-state index contributed by atoms with van der Waals surface area (Å²) in [6.45, 7) is 9.15. The summed E-state index contributed by atoms with van der Waals surface area (Å²) in [5.74, 6) is 1.52. The second kappa shape index (κ2) is 9.39. The lowest BCUT2D eigenvalue weighted by molar-refractivity contribution is -0.119. The maximum absolute atomic E-state index is 12.6. The number of rotatable bonds is 8. The van der Waals surface area contributed by atoms with Gasteiger partial charge in [0.05, 0.1) is 11.8 Å². The number of nitrogens with zero attached hydrogens (tertiary/aromatic N) is 3. The molecular formula is C21H26N4OS2. The normalized spacial score (nSPS) is 12.3. The van der Waals surface area contributed by atoms with Crippen LogP contribution in [0.3, 0.4) is 0 Å². The predicted octanol–water partition coefficient (Wildman–Crippen LogP) is 4.94. The molecule has 3 aromatic rings. The Balaban J connectivity index is 1.69. The summed E-state index contributed by atoms with van der Waals surface area (Å²) in [6, 6.07) is 12.3. The molecule has 1 amide bonds. The summed E-state index contributed by atoms with van der Waals surface area (Å²) >= 11 is 3.11. The number of benzene rings is 1. The van der Waals surface area contributed by atoms with Crippen LogP contribution in [-0.2, 0) is 11.3 Å². The average molecular weight is 415 g/mol.